The van der Waals surface area contributed by atoms with Crippen LogP contribution < -0.4 is 15.4 Å². The van der Waals surface area contributed by atoms with Crippen LogP contribution in [0.25, 0.3) is 0 Å². The lowest BCUT2D eigenvalue weighted by atomic mass is 9.73. The van der Waals surface area contributed by atoms with Crippen LogP contribution >= 0.6 is 0 Å². The fourth-order valence-corrected chi connectivity index (χ4v) is 3.84. The van der Waals surface area contributed by atoms with Crippen molar-refractivity contribution in [2.45, 2.75) is 43.7 Å². The second-order valence-corrected chi connectivity index (χ2v) is 7.16. The highest BCUT2D eigenvalue weighted by Crippen LogP contribution is 2.40. The molecule has 2 saturated heterocycles. The maximum atomic E-state index is 12.5. The molecule has 6 nitrogen and oxygen atoms in total. The van der Waals surface area contributed by atoms with Crippen LogP contribution in [0.1, 0.15) is 30.4 Å². The Bertz CT molecular complexity index is 613. The first-order valence-corrected chi connectivity index (χ1v) is 8.96. The zero-order valence-corrected chi connectivity index (χ0v) is 15.0. The highest BCUT2D eigenvalue weighted by atomic mass is 16.5. The van der Waals surface area contributed by atoms with Gasteiger partial charge in [0.2, 0.25) is 5.91 Å². The van der Waals surface area contributed by atoms with Crippen molar-refractivity contribution in [3.8, 4) is 5.75 Å². The maximum Gasteiger partial charge on any atom is 0.237 e. The molecule has 0 saturated carbocycles. The van der Waals surface area contributed by atoms with Gasteiger partial charge in [0.05, 0.1) is 19.3 Å². The van der Waals surface area contributed by atoms with E-state index in [-0.39, 0.29) is 17.4 Å². The molecule has 2 atom stereocenters. The Kier molecular flexibility index (Phi) is 5.61. The molecule has 0 bridgehead atoms. The molecular weight excluding hydrogens is 320 g/mol. The fourth-order valence-electron chi connectivity index (χ4n) is 3.84. The van der Waals surface area contributed by atoms with E-state index in [1.165, 1.54) is 5.56 Å². The van der Waals surface area contributed by atoms with Crippen LogP contribution in [0.2, 0.25) is 0 Å². The number of carbonyl (C=O) groups is 1. The summed E-state index contributed by atoms with van der Waals surface area (Å²) in [6.07, 6.45) is 1.71. The number of amides is 1. The van der Waals surface area contributed by atoms with Crippen molar-refractivity contribution in [2.75, 3.05) is 33.4 Å². The van der Waals surface area contributed by atoms with Gasteiger partial charge >= 0.3 is 0 Å². The molecule has 2 unspecified atom stereocenters. The summed E-state index contributed by atoms with van der Waals surface area (Å²) in [7, 11) is 1.68. The second kappa shape index (κ2) is 7.72. The summed E-state index contributed by atoms with van der Waals surface area (Å²) in [4.78, 5) is 12.5. The number of benzene rings is 1. The third kappa shape index (κ3) is 3.97. The van der Waals surface area contributed by atoms with Crippen LogP contribution in [-0.4, -0.2) is 56.6 Å². The zero-order chi connectivity index (χ0) is 17.9. The Hall–Kier alpha value is -1.63. The molecule has 25 heavy (non-hydrogen) atoms. The van der Waals surface area contributed by atoms with Crippen LogP contribution in [-0.2, 0) is 14.9 Å². The molecule has 0 aliphatic carbocycles. The SMILES string of the molecule is COc1ccc(C)cc1C1(CNC(=O)C2CC(O)CN2)CCOCC1. The number of β-amino-alcohol motifs (C(OH)–C–C–N with tert-alkyl or cyclic N) is 1. The largest absolute Gasteiger partial charge is 0.496 e. The van der Waals surface area contributed by atoms with Gasteiger partial charge in [-0.15, -0.1) is 0 Å². The molecule has 0 spiro atoms. The molecule has 1 aromatic carbocycles. The maximum absolute atomic E-state index is 12.5. The molecule has 3 N–H and O–H groups in total. The normalized spacial score (nSPS) is 25.6. The lowest BCUT2D eigenvalue weighted by Gasteiger charge is -2.39. The monoisotopic (exact) mass is 348 g/mol. The molecular formula is C19H28N2O4. The third-order valence-corrected chi connectivity index (χ3v) is 5.40. The van der Waals surface area contributed by atoms with Gasteiger partial charge in [-0.25, -0.2) is 0 Å². The smallest absolute Gasteiger partial charge is 0.237 e. The van der Waals surface area contributed by atoms with Gasteiger partial charge in [-0.1, -0.05) is 17.7 Å². The van der Waals surface area contributed by atoms with E-state index in [2.05, 4.69) is 23.6 Å². The molecule has 6 heteroatoms. The summed E-state index contributed by atoms with van der Waals surface area (Å²) in [5, 5.41) is 15.8. The number of hydrogen-bond acceptors (Lipinski definition) is 5. The Balaban J connectivity index is 1.79. The van der Waals surface area contributed by atoms with Crippen LogP contribution in [0.3, 0.4) is 0 Å². The highest BCUT2D eigenvalue weighted by molar-refractivity contribution is 5.82. The van der Waals surface area contributed by atoms with Gasteiger partial charge in [0, 0.05) is 37.3 Å². The summed E-state index contributed by atoms with van der Waals surface area (Å²) in [6, 6.07) is 5.89. The number of rotatable bonds is 5. The molecule has 3 rings (SSSR count). The molecule has 0 radical (unpaired) electrons. The summed E-state index contributed by atoms with van der Waals surface area (Å²) >= 11 is 0. The van der Waals surface area contributed by atoms with E-state index in [4.69, 9.17) is 9.47 Å². The average Bonchev–Trinajstić information content (AvgIpc) is 3.07. The number of carbonyl (C=O) groups excluding carboxylic acids is 1. The fraction of sp³-hybridized carbons (Fsp3) is 0.632. The summed E-state index contributed by atoms with van der Waals surface area (Å²) in [5.74, 6) is 0.810. The van der Waals surface area contributed by atoms with Gasteiger partial charge in [-0.05, 0) is 32.3 Å². The minimum absolute atomic E-state index is 0.0472. The quantitative estimate of drug-likeness (QED) is 0.736. The van der Waals surface area contributed by atoms with Gasteiger partial charge < -0.3 is 25.2 Å². The highest BCUT2D eigenvalue weighted by Gasteiger charge is 2.38. The predicted molar refractivity (Wildman–Crippen MR) is 94.9 cm³/mol. The summed E-state index contributed by atoms with van der Waals surface area (Å²) in [5.41, 5.74) is 2.12. The number of aryl methyl sites for hydroxylation is 1. The first-order valence-electron chi connectivity index (χ1n) is 8.96. The van der Waals surface area contributed by atoms with Crippen molar-refractivity contribution >= 4 is 5.91 Å². The molecule has 2 aliphatic heterocycles. The van der Waals surface area contributed by atoms with E-state index < -0.39 is 6.10 Å². The molecule has 2 heterocycles. The molecule has 2 fully saturated rings. The number of hydrogen-bond donors (Lipinski definition) is 3. The third-order valence-electron chi connectivity index (χ3n) is 5.40. The Labute approximate surface area is 148 Å². The average molecular weight is 348 g/mol. The van der Waals surface area contributed by atoms with E-state index in [0.29, 0.717) is 32.7 Å². The van der Waals surface area contributed by atoms with Crippen molar-refractivity contribution in [3.63, 3.8) is 0 Å². The van der Waals surface area contributed by atoms with Crippen LogP contribution in [0.4, 0.5) is 0 Å². The van der Waals surface area contributed by atoms with Crippen molar-refractivity contribution in [2.24, 2.45) is 0 Å². The van der Waals surface area contributed by atoms with Gasteiger partial charge in [0.15, 0.2) is 0 Å². The Morgan fingerprint density at radius 2 is 2.20 bits per heavy atom. The van der Waals surface area contributed by atoms with Gasteiger partial charge in [0.25, 0.3) is 0 Å². The van der Waals surface area contributed by atoms with Crippen molar-refractivity contribution < 1.29 is 19.4 Å². The van der Waals surface area contributed by atoms with E-state index >= 15 is 0 Å². The van der Waals surface area contributed by atoms with E-state index in [1.54, 1.807) is 7.11 Å². The summed E-state index contributed by atoms with van der Waals surface area (Å²) in [6.45, 7) is 4.44. The number of aliphatic hydroxyl groups excluding tert-OH is 1. The van der Waals surface area contributed by atoms with Crippen molar-refractivity contribution in [1.82, 2.24) is 10.6 Å². The Morgan fingerprint density at radius 1 is 1.44 bits per heavy atom. The van der Waals surface area contributed by atoms with Crippen molar-refractivity contribution in [3.05, 3.63) is 29.3 Å². The van der Waals surface area contributed by atoms with Crippen LogP contribution in [0.5, 0.6) is 5.75 Å². The topological polar surface area (TPSA) is 79.8 Å². The van der Waals surface area contributed by atoms with Crippen LogP contribution in [0.15, 0.2) is 18.2 Å². The van der Waals surface area contributed by atoms with Crippen LogP contribution in [0, 0.1) is 6.92 Å². The second-order valence-electron chi connectivity index (χ2n) is 7.16. The van der Waals surface area contributed by atoms with E-state index in [1.807, 2.05) is 12.1 Å². The van der Waals surface area contributed by atoms with Gasteiger partial charge in [0.1, 0.15) is 5.75 Å². The first kappa shape index (κ1) is 18.2. The number of methoxy groups -OCH3 is 1. The predicted octanol–water partition coefficient (Wildman–Crippen LogP) is 0.891. The van der Waals surface area contributed by atoms with E-state index in [9.17, 15) is 9.90 Å². The number of aliphatic hydroxyl groups is 1. The minimum Gasteiger partial charge on any atom is -0.496 e. The summed E-state index contributed by atoms with van der Waals surface area (Å²) < 4.78 is 11.2. The molecule has 1 aromatic rings. The van der Waals surface area contributed by atoms with Gasteiger partial charge in [-0.2, -0.15) is 0 Å². The van der Waals surface area contributed by atoms with E-state index in [0.717, 1.165) is 24.2 Å². The lowest BCUT2D eigenvalue weighted by Crippen LogP contribution is -2.49. The minimum atomic E-state index is -0.440. The first-order chi connectivity index (χ1) is 12.0. The molecule has 2 aliphatic rings. The molecule has 138 valence electrons. The Morgan fingerprint density at radius 3 is 2.84 bits per heavy atom. The number of nitrogens with one attached hydrogen (secondary N) is 2. The molecule has 1 amide bonds. The van der Waals surface area contributed by atoms with Gasteiger partial charge in [-0.3, -0.25) is 4.79 Å². The standard InChI is InChI=1S/C19H28N2O4/c1-13-3-4-17(24-2)15(9-13)19(5-7-25-8-6-19)12-21-18(23)16-10-14(22)11-20-16/h3-4,9,14,16,20,22H,5-8,10-12H2,1-2H3,(H,21,23). The number of ether oxygens (including phenoxy) is 2. The zero-order valence-electron chi connectivity index (χ0n) is 15.0. The molecule has 0 aromatic heterocycles. The lowest BCUT2D eigenvalue weighted by molar-refractivity contribution is -0.123. The van der Waals surface area contributed by atoms with Crippen molar-refractivity contribution in [1.29, 1.82) is 0 Å².